The number of likely N-dealkylation sites (tertiary alicyclic amines) is 1. The van der Waals surface area contributed by atoms with Gasteiger partial charge < -0.3 is 15.3 Å². The first-order chi connectivity index (χ1) is 13.3. The van der Waals surface area contributed by atoms with E-state index in [-0.39, 0.29) is 18.2 Å². The normalized spacial score (nSPS) is 16.9. The van der Waals surface area contributed by atoms with Gasteiger partial charge in [0.1, 0.15) is 0 Å². The summed E-state index contributed by atoms with van der Waals surface area (Å²) in [6.45, 7) is 4.16. The number of carbonyl (C=O) groups is 3. The van der Waals surface area contributed by atoms with E-state index in [9.17, 15) is 19.5 Å². The number of anilines is 1. The van der Waals surface area contributed by atoms with Crippen molar-refractivity contribution in [2.24, 2.45) is 5.92 Å². The van der Waals surface area contributed by atoms with Gasteiger partial charge in [0.05, 0.1) is 11.3 Å². The molecule has 1 atom stereocenters. The average molecular weight is 380 g/mol. The number of aliphatic carboxylic acids is 1. The highest BCUT2D eigenvalue weighted by Gasteiger charge is 2.34. The van der Waals surface area contributed by atoms with Crippen molar-refractivity contribution in [2.75, 3.05) is 11.9 Å². The standard InChI is InChI=1S/C22H24N2O4/c1-22(2,21(27)28)17-8-10-18(11-9-17)23-20(26)16-12-19(25)24(14-16)13-15-6-4-3-5-7-15/h3-11,16H,12-14H2,1-2H3,(H,23,26)(H,27,28). The first-order valence-electron chi connectivity index (χ1n) is 9.24. The molecule has 6 heteroatoms. The van der Waals surface area contributed by atoms with Crippen LogP contribution in [0, 0.1) is 5.92 Å². The number of hydrogen-bond donors (Lipinski definition) is 2. The molecule has 28 heavy (non-hydrogen) atoms. The predicted molar refractivity (Wildman–Crippen MR) is 106 cm³/mol. The van der Waals surface area contributed by atoms with Crippen molar-refractivity contribution in [1.29, 1.82) is 0 Å². The molecule has 0 radical (unpaired) electrons. The molecule has 2 N–H and O–H groups in total. The van der Waals surface area contributed by atoms with E-state index in [1.54, 1.807) is 43.0 Å². The van der Waals surface area contributed by atoms with Crippen molar-refractivity contribution in [1.82, 2.24) is 4.90 Å². The molecule has 1 unspecified atom stereocenters. The third kappa shape index (κ3) is 4.22. The molecule has 3 rings (SSSR count). The largest absolute Gasteiger partial charge is 0.481 e. The highest BCUT2D eigenvalue weighted by atomic mass is 16.4. The number of carboxylic acid groups (broad SMARTS) is 1. The number of carbonyl (C=O) groups excluding carboxylic acids is 2. The fourth-order valence-corrected chi connectivity index (χ4v) is 3.24. The minimum atomic E-state index is -1.00. The van der Waals surface area contributed by atoms with Crippen LogP contribution in [0.25, 0.3) is 0 Å². The number of rotatable bonds is 6. The monoisotopic (exact) mass is 380 g/mol. The minimum Gasteiger partial charge on any atom is -0.481 e. The fraction of sp³-hybridized carbons (Fsp3) is 0.318. The van der Waals surface area contributed by atoms with Crippen molar-refractivity contribution in [3.05, 3.63) is 65.7 Å². The molecule has 2 amide bonds. The molecular weight excluding hydrogens is 356 g/mol. The van der Waals surface area contributed by atoms with Gasteiger partial charge in [-0.05, 0) is 37.1 Å². The number of nitrogens with one attached hydrogen (secondary N) is 1. The Kier molecular flexibility index (Phi) is 5.49. The SMILES string of the molecule is CC(C)(C(=O)O)c1ccc(NC(=O)C2CC(=O)N(Cc3ccccc3)C2)cc1. The van der Waals surface area contributed by atoms with Crippen molar-refractivity contribution in [3.63, 3.8) is 0 Å². The second-order valence-electron chi connectivity index (χ2n) is 7.66. The summed E-state index contributed by atoms with van der Waals surface area (Å²) in [5.74, 6) is -1.53. The number of amides is 2. The zero-order valence-electron chi connectivity index (χ0n) is 16.0. The molecule has 1 aliphatic rings. The van der Waals surface area contributed by atoms with Crippen molar-refractivity contribution in [2.45, 2.75) is 32.2 Å². The lowest BCUT2D eigenvalue weighted by Gasteiger charge is -2.20. The van der Waals surface area contributed by atoms with Crippen molar-refractivity contribution < 1.29 is 19.5 Å². The maximum Gasteiger partial charge on any atom is 0.313 e. The lowest BCUT2D eigenvalue weighted by atomic mass is 9.85. The van der Waals surface area contributed by atoms with Gasteiger partial charge in [-0.2, -0.15) is 0 Å². The van der Waals surface area contributed by atoms with Crippen molar-refractivity contribution >= 4 is 23.5 Å². The van der Waals surface area contributed by atoms with E-state index in [0.717, 1.165) is 5.56 Å². The summed E-state index contributed by atoms with van der Waals surface area (Å²) in [6, 6.07) is 16.5. The lowest BCUT2D eigenvalue weighted by Crippen LogP contribution is -2.29. The van der Waals surface area contributed by atoms with Gasteiger partial charge in [0.2, 0.25) is 11.8 Å². The van der Waals surface area contributed by atoms with Gasteiger partial charge in [0.15, 0.2) is 0 Å². The zero-order valence-corrected chi connectivity index (χ0v) is 16.0. The summed E-state index contributed by atoms with van der Waals surface area (Å²) in [4.78, 5) is 37.9. The first-order valence-corrected chi connectivity index (χ1v) is 9.24. The third-order valence-corrected chi connectivity index (χ3v) is 5.21. The Balaban J connectivity index is 1.61. The van der Waals surface area contributed by atoms with Crippen LogP contribution in [0.5, 0.6) is 0 Å². The number of nitrogens with zero attached hydrogens (tertiary/aromatic N) is 1. The van der Waals surface area contributed by atoms with E-state index in [4.69, 9.17) is 0 Å². The maximum atomic E-state index is 12.6. The molecule has 1 fully saturated rings. The molecule has 0 aromatic heterocycles. The summed E-state index contributed by atoms with van der Waals surface area (Å²) < 4.78 is 0. The second kappa shape index (κ2) is 7.84. The molecule has 6 nitrogen and oxygen atoms in total. The molecule has 0 bridgehead atoms. The molecule has 0 aliphatic carbocycles. The molecule has 0 saturated carbocycles. The van der Waals surface area contributed by atoms with Crippen LogP contribution >= 0.6 is 0 Å². The van der Waals surface area contributed by atoms with E-state index in [1.807, 2.05) is 30.3 Å². The van der Waals surface area contributed by atoms with Gasteiger partial charge in [0.25, 0.3) is 0 Å². The molecule has 0 spiro atoms. The van der Waals surface area contributed by atoms with Crippen molar-refractivity contribution in [3.8, 4) is 0 Å². The predicted octanol–water partition coefficient (Wildman–Crippen LogP) is 3.04. The molecule has 2 aromatic rings. The smallest absolute Gasteiger partial charge is 0.313 e. The third-order valence-electron chi connectivity index (χ3n) is 5.21. The average Bonchev–Trinajstić information content (AvgIpc) is 3.03. The summed E-state index contributed by atoms with van der Waals surface area (Å²) in [5.41, 5.74) is 1.28. The van der Waals surface area contributed by atoms with E-state index in [0.29, 0.717) is 24.3 Å². The number of benzene rings is 2. The summed E-state index contributed by atoms with van der Waals surface area (Å²) in [5, 5.41) is 12.1. The Hall–Kier alpha value is -3.15. The van der Waals surface area contributed by atoms with Crippen LogP contribution in [0.2, 0.25) is 0 Å². The lowest BCUT2D eigenvalue weighted by molar-refractivity contribution is -0.142. The molecule has 146 valence electrons. The van der Waals surface area contributed by atoms with E-state index >= 15 is 0 Å². The Labute approximate surface area is 164 Å². The van der Waals surface area contributed by atoms with E-state index in [2.05, 4.69) is 5.32 Å². The van der Waals surface area contributed by atoms with Crippen LogP contribution in [-0.2, 0) is 26.3 Å². The maximum absolute atomic E-state index is 12.6. The van der Waals surface area contributed by atoms with Crippen LogP contribution < -0.4 is 5.32 Å². The minimum absolute atomic E-state index is 0.0254. The van der Waals surface area contributed by atoms with Crippen LogP contribution in [0.15, 0.2) is 54.6 Å². The number of hydrogen-bond acceptors (Lipinski definition) is 3. The molecule has 1 saturated heterocycles. The van der Waals surface area contributed by atoms with Crippen LogP contribution in [0.3, 0.4) is 0 Å². The Bertz CT molecular complexity index is 875. The van der Waals surface area contributed by atoms with Gasteiger partial charge >= 0.3 is 5.97 Å². The molecular formula is C22H24N2O4. The van der Waals surface area contributed by atoms with Gasteiger partial charge in [0, 0.05) is 25.2 Å². The fourth-order valence-electron chi connectivity index (χ4n) is 3.24. The molecule has 1 heterocycles. The Morgan fingerprint density at radius 3 is 2.36 bits per heavy atom. The van der Waals surface area contributed by atoms with Gasteiger partial charge in [-0.3, -0.25) is 14.4 Å². The summed E-state index contributed by atoms with van der Waals surface area (Å²) >= 11 is 0. The highest BCUT2D eigenvalue weighted by Crippen LogP contribution is 2.26. The van der Waals surface area contributed by atoms with Crippen LogP contribution in [-0.4, -0.2) is 34.3 Å². The van der Waals surface area contributed by atoms with Gasteiger partial charge in [-0.25, -0.2) is 0 Å². The highest BCUT2D eigenvalue weighted by molar-refractivity contribution is 5.97. The molecule has 1 aliphatic heterocycles. The van der Waals surface area contributed by atoms with Crippen LogP contribution in [0.1, 0.15) is 31.4 Å². The Morgan fingerprint density at radius 1 is 1.11 bits per heavy atom. The van der Waals surface area contributed by atoms with E-state index in [1.165, 1.54) is 0 Å². The quantitative estimate of drug-likeness (QED) is 0.806. The zero-order chi connectivity index (χ0) is 20.3. The van der Waals surface area contributed by atoms with Gasteiger partial charge in [-0.15, -0.1) is 0 Å². The number of carboxylic acids is 1. The molecule has 2 aromatic carbocycles. The van der Waals surface area contributed by atoms with Gasteiger partial charge in [-0.1, -0.05) is 42.5 Å². The summed E-state index contributed by atoms with van der Waals surface area (Å²) in [7, 11) is 0. The second-order valence-corrected chi connectivity index (χ2v) is 7.66. The first kappa shape index (κ1) is 19.6. The topological polar surface area (TPSA) is 86.7 Å². The van der Waals surface area contributed by atoms with E-state index < -0.39 is 17.3 Å². The van der Waals surface area contributed by atoms with Crippen LogP contribution in [0.4, 0.5) is 5.69 Å². The Morgan fingerprint density at radius 2 is 1.75 bits per heavy atom. The summed E-state index contributed by atoms with van der Waals surface area (Å²) in [6.07, 6.45) is 0.197.